The van der Waals surface area contributed by atoms with Gasteiger partial charge in [-0.3, -0.25) is 9.59 Å². The fraction of sp³-hybridized carbons (Fsp3) is 0.0455. The average molecular weight is 469 g/mol. The number of esters is 1. The number of furan rings is 1. The SMILES string of the molecule is COC(=O)c1ccc(NC(=O)C(=Cc2cccc(Br)c2)NC(=O)c2ccco2)cc1. The maximum Gasteiger partial charge on any atom is 0.337 e. The molecule has 0 atom stereocenters. The van der Waals surface area contributed by atoms with Gasteiger partial charge in [0.15, 0.2) is 5.76 Å². The maximum atomic E-state index is 12.9. The smallest absolute Gasteiger partial charge is 0.337 e. The van der Waals surface area contributed by atoms with E-state index in [4.69, 9.17) is 4.42 Å². The van der Waals surface area contributed by atoms with Crippen molar-refractivity contribution in [1.29, 1.82) is 0 Å². The van der Waals surface area contributed by atoms with Crippen LogP contribution in [0, 0.1) is 0 Å². The fourth-order valence-electron chi connectivity index (χ4n) is 2.52. The summed E-state index contributed by atoms with van der Waals surface area (Å²) >= 11 is 3.38. The van der Waals surface area contributed by atoms with E-state index in [2.05, 4.69) is 31.3 Å². The third-order valence-corrected chi connectivity index (χ3v) is 4.45. The van der Waals surface area contributed by atoms with Gasteiger partial charge in [-0.25, -0.2) is 4.79 Å². The minimum atomic E-state index is -0.558. The summed E-state index contributed by atoms with van der Waals surface area (Å²) in [6.45, 7) is 0. The molecule has 0 fully saturated rings. The predicted molar refractivity (Wildman–Crippen MR) is 115 cm³/mol. The second-order valence-corrected chi connectivity index (χ2v) is 6.98. The number of nitrogens with one attached hydrogen (secondary N) is 2. The zero-order valence-corrected chi connectivity index (χ0v) is 17.4. The minimum Gasteiger partial charge on any atom is -0.465 e. The lowest BCUT2D eigenvalue weighted by atomic mass is 10.1. The Labute approximate surface area is 180 Å². The van der Waals surface area contributed by atoms with Crippen molar-refractivity contribution in [3.8, 4) is 0 Å². The quantitative estimate of drug-likeness (QED) is 0.416. The molecular formula is C22H17BrN2O5. The number of carbonyl (C=O) groups is 3. The van der Waals surface area contributed by atoms with E-state index >= 15 is 0 Å². The number of rotatable bonds is 6. The standard InChI is InChI=1S/C22H17BrN2O5/c1-29-22(28)15-7-9-17(10-8-15)24-20(26)18(13-14-4-2-5-16(23)12-14)25-21(27)19-6-3-11-30-19/h2-13H,1H3,(H,24,26)(H,25,27). The third kappa shape index (κ3) is 5.45. The molecule has 0 aliphatic carbocycles. The number of benzene rings is 2. The van der Waals surface area contributed by atoms with Gasteiger partial charge in [-0.05, 0) is 60.2 Å². The van der Waals surface area contributed by atoms with Crippen molar-refractivity contribution in [3.63, 3.8) is 0 Å². The Hall–Kier alpha value is -3.65. The molecular weight excluding hydrogens is 452 g/mol. The zero-order chi connectivity index (χ0) is 21.5. The second kappa shape index (κ2) is 9.71. The molecule has 1 aromatic heterocycles. The predicted octanol–water partition coefficient (Wildman–Crippen LogP) is 4.24. The molecule has 0 bridgehead atoms. The van der Waals surface area contributed by atoms with E-state index in [1.54, 1.807) is 36.4 Å². The molecule has 0 aliphatic heterocycles. The molecule has 0 unspecified atom stereocenters. The van der Waals surface area contributed by atoms with Crippen LogP contribution in [0.2, 0.25) is 0 Å². The molecule has 152 valence electrons. The highest BCUT2D eigenvalue weighted by atomic mass is 79.9. The molecule has 3 aromatic rings. The van der Waals surface area contributed by atoms with Crippen LogP contribution in [0.3, 0.4) is 0 Å². The summed E-state index contributed by atoms with van der Waals surface area (Å²) in [6.07, 6.45) is 2.92. The summed E-state index contributed by atoms with van der Waals surface area (Å²) in [4.78, 5) is 36.8. The monoisotopic (exact) mass is 468 g/mol. The molecule has 0 spiro atoms. The van der Waals surface area contributed by atoms with Gasteiger partial charge in [0.1, 0.15) is 5.70 Å². The van der Waals surface area contributed by atoms with E-state index in [9.17, 15) is 14.4 Å². The van der Waals surface area contributed by atoms with Crippen molar-refractivity contribution < 1.29 is 23.5 Å². The van der Waals surface area contributed by atoms with Gasteiger partial charge < -0.3 is 19.8 Å². The van der Waals surface area contributed by atoms with Crippen molar-refractivity contribution in [1.82, 2.24) is 5.32 Å². The molecule has 0 radical (unpaired) electrons. The Morgan fingerprint density at radius 2 is 1.80 bits per heavy atom. The first-order valence-corrected chi connectivity index (χ1v) is 9.57. The lowest BCUT2D eigenvalue weighted by Gasteiger charge is -2.11. The summed E-state index contributed by atoms with van der Waals surface area (Å²) in [5, 5.41) is 5.27. The minimum absolute atomic E-state index is 0.0199. The maximum absolute atomic E-state index is 12.9. The van der Waals surface area contributed by atoms with E-state index in [-0.39, 0.29) is 11.5 Å². The highest BCUT2D eigenvalue weighted by Crippen LogP contribution is 2.16. The molecule has 2 amide bonds. The van der Waals surface area contributed by atoms with Crippen LogP contribution in [0.1, 0.15) is 26.5 Å². The average Bonchev–Trinajstić information content (AvgIpc) is 3.28. The molecule has 30 heavy (non-hydrogen) atoms. The van der Waals surface area contributed by atoms with Gasteiger partial charge in [-0.15, -0.1) is 0 Å². The Balaban J connectivity index is 1.84. The van der Waals surface area contributed by atoms with Crippen LogP contribution in [0.5, 0.6) is 0 Å². The van der Waals surface area contributed by atoms with Gasteiger partial charge >= 0.3 is 5.97 Å². The summed E-state index contributed by atoms with van der Waals surface area (Å²) < 4.78 is 10.6. The van der Waals surface area contributed by atoms with Crippen molar-refractivity contribution >= 4 is 45.5 Å². The van der Waals surface area contributed by atoms with Gasteiger partial charge in [0.05, 0.1) is 18.9 Å². The van der Waals surface area contributed by atoms with Crippen LogP contribution < -0.4 is 10.6 Å². The number of anilines is 1. The first kappa shape index (κ1) is 21.1. The topological polar surface area (TPSA) is 97.6 Å². The van der Waals surface area contributed by atoms with Crippen molar-refractivity contribution in [3.05, 3.63) is 94.0 Å². The summed E-state index contributed by atoms with van der Waals surface area (Å²) in [5.74, 6) is -1.50. The lowest BCUT2D eigenvalue weighted by molar-refractivity contribution is -0.113. The van der Waals surface area contributed by atoms with E-state index in [0.717, 1.165) is 4.47 Å². The summed E-state index contributed by atoms with van der Waals surface area (Å²) in [7, 11) is 1.29. The Kier molecular flexibility index (Phi) is 6.82. The highest BCUT2D eigenvalue weighted by Gasteiger charge is 2.17. The molecule has 1 heterocycles. The van der Waals surface area contributed by atoms with Gasteiger partial charge in [0.2, 0.25) is 0 Å². The number of halogens is 1. The first-order valence-electron chi connectivity index (χ1n) is 8.78. The first-order chi connectivity index (χ1) is 14.5. The van der Waals surface area contributed by atoms with Gasteiger partial charge in [0, 0.05) is 10.2 Å². The van der Waals surface area contributed by atoms with Gasteiger partial charge in [-0.1, -0.05) is 28.1 Å². The van der Waals surface area contributed by atoms with E-state index in [0.29, 0.717) is 16.8 Å². The number of ether oxygens (including phenoxy) is 1. The number of amides is 2. The summed E-state index contributed by atoms with van der Waals surface area (Å²) in [5.41, 5.74) is 1.52. The van der Waals surface area contributed by atoms with Crippen LogP contribution in [0.25, 0.3) is 6.08 Å². The van der Waals surface area contributed by atoms with Crippen LogP contribution in [0.15, 0.2) is 81.5 Å². The molecule has 2 aromatic carbocycles. The lowest BCUT2D eigenvalue weighted by Crippen LogP contribution is -2.30. The van der Waals surface area contributed by atoms with Crippen LogP contribution in [-0.4, -0.2) is 24.9 Å². The van der Waals surface area contributed by atoms with Crippen LogP contribution >= 0.6 is 15.9 Å². The Morgan fingerprint density at radius 3 is 2.43 bits per heavy atom. The molecule has 8 heteroatoms. The van der Waals surface area contributed by atoms with Crippen LogP contribution in [-0.2, 0) is 9.53 Å². The summed E-state index contributed by atoms with van der Waals surface area (Å²) in [6, 6.07) is 16.5. The van der Waals surface area contributed by atoms with Crippen molar-refractivity contribution in [2.75, 3.05) is 12.4 Å². The second-order valence-electron chi connectivity index (χ2n) is 6.07. The van der Waals surface area contributed by atoms with E-state index < -0.39 is 17.8 Å². The number of methoxy groups -OCH3 is 1. The fourth-order valence-corrected chi connectivity index (χ4v) is 2.94. The number of hydrogen-bond donors (Lipinski definition) is 2. The van der Waals surface area contributed by atoms with E-state index in [1.807, 2.05) is 12.1 Å². The molecule has 0 saturated carbocycles. The number of hydrogen-bond acceptors (Lipinski definition) is 5. The van der Waals surface area contributed by atoms with Crippen molar-refractivity contribution in [2.45, 2.75) is 0 Å². The van der Waals surface area contributed by atoms with E-state index in [1.165, 1.54) is 31.6 Å². The Morgan fingerprint density at radius 1 is 1.03 bits per heavy atom. The number of carbonyl (C=O) groups excluding carboxylic acids is 3. The zero-order valence-electron chi connectivity index (χ0n) is 15.8. The molecule has 7 nitrogen and oxygen atoms in total. The third-order valence-electron chi connectivity index (χ3n) is 3.96. The molecule has 0 saturated heterocycles. The molecule has 2 N–H and O–H groups in total. The van der Waals surface area contributed by atoms with Crippen molar-refractivity contribution in [2.24, 2.45) is 0 Å². The Bertz CT molecular complexity index is 1090. The van der Waals surface area contributed by atoms with Crippen LogP contribution in [0.4, 0.5) is 5.69 Å². The largest absolute Gasteiger partial charge is 0.465 e. The van der Waals surface area contributed by atoms with Gasteiger partial charge in [-0.2, -0.15) is 0 Å². The normalized spacial score (nSPS) is 10.9. The highest BCUT2D eigenvalue weighted by molar-refractivity contribution is 9.10. The molecule has 3 rings (SSSR count). The molecule has 0 aliphatic rings. The van der Waals surface area contributed by atoms with Gasteiger partial charge in [0.25, 0.3) is 11.8 Å².